The summed E-state index contributed by atoms with van der Waals surface area (Å²) in [7, 11) is 1.22. The van der Waals surface area contributed by atoms with Crippen LogP contribution < -0.4 is 14.8 Å². The fourth-order valence-corrected chi connectivity index (χ4v) is 7.46. The van der Waals surface area contributed by atoms with Crippen molar-refractivity contribution in [3.8, 4) is 28.8 Å². The number of hydrogen-bond donors (Lipinski definition) is 1. The minimum absolute atomic E-state index is 0.0423. The molecule has 51 heavy (non-hydrogen) atoms. The van der Waals surface area contributed by atoms with Gasteiger partial charge in [0.05, 0.1) is 37.6 Å². The molecular weight excluding hydrogens is 662 g/mol. The third kappa shape index (κ3) is 8.11. The Balaban J connectivity index is 1.05. The van der Waals surface area contributed by atoms with Crippen LogP contribution in [0.15, 0.2) is 49.4 Å². The summed E-state index contributed by atoms with van der Waals surface area (Å²) in [5, 5.41) is 21.5. The molecule has 3 aromatic heterocycles. The van der Waals surface area contributed by atoms with Crippen LogP contribution in [0.4, 0.5) is 20.4 Å². The smallest absolute Gasteiger partial charge is 0.304 e. The number of ether oxygens (including phenoxy) is 4. The molecule has 4 aromatic rings. The quantitative estimate of drug-likeness (QED) is 0.188. The number of hydrogen-bond acceptors (Lipinski definition) is 12. The first-order valence-corrected chi connectivity index (χ1v) is 17.3. The highest BCUT2D eigenvalue weighted by molar-refractivity contribution is 5.67. The van der Waals surface area contributed by atoms with Crippen LogP contribution in [-0.2, 0) is 16.0 Å². The standard InChI is InChI=1S/C35H42F2N10O4/c1-23(15-45-22-39-21-42-45)51-32-11-24(3-4-25(32)12-38)26-13-40-34(41-14-26)43-31-16-46(44-33(31)50-20-35(36,37)19-48-2)27-5-7-28(8-6-27)47-29-9-10-30(47)18-49-17-29/h3-4,11,13-14,16,21-23,27-30H,5-10,15,17-20H2,1-2H3,(H,40,41,43)/t23-,27?,28?,29-,30+/m0/s1. The number of fused-ring (bicyclic) bond motifs is 2. The third-order valence-electron chi connectivity index (χ3n) is 9.81. The number of aromatic nitrogens is 7. The van der Waals surface area contributed by atoms with Crippen molar-refractivity contribution in [2.75, 3.05) is 38.9 Å². The molecule has 2 bridgehead atoms. The van der Waals surface area contributed by atoms with Crippen LogP contribution in [-0.4, -0.2) is 103 Å². The Morgan fingerprint density at radius 3 is 2.43 bits per heavy atom. The molecule has 0 radical (unpaired) electrons. The van der Waals surface area contributed by atoms with Gasteiger partial charge in [0.2, 0.25) is 5.95 Å². The number of nitriles is 1. The fraction of sp³-hybridized carbons (Fsp3) is 0.543. The van der Waals surface area contributed by atoms with E-state index in [-0.39, 0.29) is 24.0 Å². The summed E-state index contributed by atoms with van der Waals surface area (Å²) < 4.78 is 54.4. The van der Waals surface area contributed by atoms with E-state index in [9.17, 15) is 14.0 Å². The second-order valence-electron chi connectivity index (χ2n) is 13.5. The summed E-state index contributed by atoms with van der Waals surface area (Å²) in [4.78, 5) is 15.6. The predicted octanol–water partition coefficient (Wildman–Crippen LogP) is 5.02. The fourth-order valence-electron chi connectivity index (χ4n) is 7.46. The van der Waals surface area contributed by atoms with Crippen molar-refractivity contribution in [1.29, 1.82) is 5.26 Å². The van der Waals surface area contributed by atoms with Crippen molar-refractivity contribution in [1.82, 2.24) is 39.4 Å². The van der Waals surface area contributed by atoms with E-state index in [1.807, 2.05) is 11.6 Å². The van der Waals surface area contributed by atoms with E-state index in [1.165, 1.54) is 26.3 Å². The van der Waals surface area contributed by atoms with Gasteiger partial charge in [0, 0.05) is 43.2 Å². The Morgan fingerprint density at radius 2 is 1.75 bits per heavy atom. The number of halogens is 2. The Labute approximate surface area is 294 Å². The van der Waals surface area contributed by atoms with Crippen LogP contribution in [0.25, 0.3) is 11.1 Å². The number of alkyl halides is 2. The maximum atomic E-state index is 14.4. The summed E-state index contributed by atoms with van der Waals surface area (Å²) in [6, 6.07) is 9.09. The van der Waals surface area contributed by atoms with E-state index in [0.29, 0.717) is 47.2 Å². The maximum Gasteiger partial charge on any atom is 0.304 e. The van der Waals surface area contributed by atoms with E-state index in [1.54, 1.807) is 47.8 Å². The third-order valence-corrected chi connectivity index (χ3v) is 9.81. The highest BCUT2D eigenvalue weighted by Crippen LogP contribution is 2.40. The van der Waals surface area contributed by atoms with Gasteiger partial charge in [0.1, 0.15) is 42.9 Å². The van der Waals surface area contributed by atoms with Gasteiger partial charge in [-0.25, -0.2) is 28.4 Å². The largest absolute Gasteiger partial charge is 0.487 e. The number of methoxy groups -OCH3 is 1. The number of benzene rings is 1. The molecule has 1 aliphatic carbocycles. The molecule has 5 heterocycles. The summed E-state index contributed by atoms with van der Waals surface area (Å²) in [5.41, 5.74) is 2.22. The molecule has 270 valence electrons. The molecule has 7 rings (SSSR count). The summed E-state index contributed by atoms with van der Waals surface area (Å²) in [6.45, 7) is 2.32. The molecule has 1 aromatic carbocycles. The Bertz CT molecular complexity index is 1770. The van der Waals surface area contributed by atoms with Crippen LogP contribution in [0.3, 0.4) is 0 Å². The van der Waals surface area contributed by atoms with Gasteiger partial charge in [0.15, 0.2) is 6.61 Å². The molecule has 3 atom stereocenters. The number of nitrogens with one attached hydrogen (secondary N) is 1. The minimum atomic E-state index is -3.19. The molecule has 14 nitrogen and oxygen atoms in total. The maximum absolute atomic E-state index is 14.4. The van der Waals surface area contributed by atoms with Crippen molar-refractivity contribution < 1.29 is 27.7 Å². The molecule has 0 amide bonds. The Kier molecular flexibility index (Phi) is 10.4. The average Bonchev–Trinajstić information content (AvgIpc) is 3.85. The predicted molar refractivity (Wildman–Crippen MR) is 181 cm³/mol. The van der Waals surface area contributed by atoms with Crippen LogP contribution in [0.1, 0.15) is 57.1 Å². The zero-order valence-electron chi connectivity index (χ0n) is 28.7. The first-order valence-electron chi connectivity index (χ1n) is 17.3. The molecule has 3 fully saturated rings. The van der Waals surface area contributed by atoms with Crippen LogP contribution in [0, 0.1) is 11.3 Å². The number of morpholine rings is 1. The molecular formula is C35H42F2N10O4. The van der Waals surface area contributed by atoms with E-state index < -0.39 is 19.1 Å². The highest BCUT2D eigenvalue weighted by Gasteiger charge is 2.42. The summed E-state index contributed by atoms with van der Waals surface area (Å²) >= 11 is 0. The molecule has 2 saturated heterocycles. The van der Waals surface area contributed by atoms with E-state index in [2.05, 4.69) is 46.2 Å². The van der Waals surface area contributed by atoms with Gasteiger partial charge < -0.3 is 24.3 Å². The first-order chi connectivity index (χ1) is 24.8. The Hall–Kier alpha value is -4.72. The van der Waals surface area contributed by atoms with Gasteiger partial charge in [-0.2, -0.15) is 10.4 Å². The molecule has 0 unspecified atom stereocenters. The van der Waals surface area contributed by atoms with E-state index >= 15 is 0 Å². The van der Waals surface area contributed by atoms with Crippen molar-refractivity contribution in [2.45, 2.75) is 88.2 Å². The summed E-state index contributed by atoms with van der Waals surface area (Å²) in [6.07, 6.45) is 14.1. The zero-order chi connectivity index (χ0) is 35.4. The minimum Gasteiger partial charge on any atom is -0.487 e. The number of nitrogens with zero attached hydrogens (tertiary/aromatic N) is 9. The van der Waals surface area contributed by atoms with E-state index in [0.717, 1.165) is 44.5 Å². The summed E-state index contributed by atoms with van der Waals surface area (Å²) in [5.74, 6) is -2.48. The van der Waals surface area contributed by atoms with Crippen LogP contribution in [0.5, 0.6) is 11.6 Å². The van der Waals surface area contributed by atoms with Crippen molar-refractivity contribution in [2.24, 2.45) is 0 Å². The van der Waals surface area contributed by atoms with Crippen LogP contribution in [0.2, 0.25) is 0 Å². The molecule has 0 spiro atoms. The lowest BCUT2D eigenvalue weighted by molar-refractivity contribution is -0.0917. The van der Waals surface area contributed by atoms with Gasteiger partial charge in [-0.05, 0) is 63.1 Å². The lowest BCUT2D eigenvalue weighted by atomic mass is 9.89. The number of rotatable bonds is 14. The SMILES string of the molecule is COCC(F)(F)COc1nn(C2CCC(N3[C@@H]4CC[C@H]3COC4)CC2)cc1Nc1ncc(-c2ccc(C#N)c(O[C@@H](C)Cn3cncn3)c2)cn1. The van der Waals surface area contributed by atoms with E-state index in [4.69, 9.17) is 14.2 Å². The lowest BCUT2D eigenvalue weighted by Crippen LogP contribution is -2.52. The Morgan fingerprint density at radius 1 is 1.02 bits per heavy atom. The first kappa shape index (κ1) is 34.7. The van der Waals surface area contributed by atoms with Crippen molar-refractivity contribution >= 4 is 11.6 Å². The lowest BCUT2D eigenvalue weighted by Gasteiger charge is -2.43. The van der Waals surface area contributed by atoms with Crippen molar-refractivity contribution in [3.05, 3.63) is 55.0 Å². The second-order valence-corrected chi connectivity index (χ2v) is 13.5. The van der Waals surface area contributed by atoms with Gasteiger partial charge in [-0.15, -0.1) is 5.10 Å². The highest BCUT2D eigenvalue weighted by atomic mass is 19.3. The average molecular weight is 705 g/mol. The molecule has 3 aliphatic rings. The molecule has 1 saturated carbocycles. The monoisotopic (exact) mass is 704 g/mol. The van der Waals surface area contributed by atoms with Gasteiger partial charge in [-0.1, -0.05) is 6.07 Å². The van der Waals surface area contributed by atoms with Gasteiger partial charge >= 0.3 is 5.92 Å². The van der Waals surface area contributed by atoms with Crippen molar-refractivity contribution in [3.63, 3.8) is 0 Å². The topological polar surface area (TPSA) is 150 Å². The van der Waals surface area contributed by atoms with Gasteiger partial charge in [-0.3, -0.25) is 9.58 Å². The molecule has 2 aliphatic heterocycles. The normalized spacial score (nSPS) is 22.7. The van der Waals surface area contributed by atoms with Gasteiger partial charge in [0.25, 0.3) is 5.88 Å². The molecule has 1 N–H and O–H groups in total. The molecule has 16 heteroatoms. The van der Waals surface area contributed by atoms with Crippen LogP contribution >= 0.6 is 0 Å². The zero-order valence-corrected chi connectivity index (χ0v) is 28.7. The second kappa shape index (κ2) is 15.3. The number of anilines is 2.